The molecule has 0 fully saturated rings. The van der Waals surface area contributed by atoms with E-state index in [0.29, 0.717) is 18.9 Å². The molecule has 1 aliphatic heterocycles. The van der Waals surface area contributed by atoms with Crippen LogP contribution in [0.3, 0.4) is 0 Å². The fraction of sp³-hybridized carbons (Fsp3) is 0.778. The molecule has 1 heterocycles. The first-order valence-corrected chi connectivity index (χ1v) is 4.79. The molecule has 1 amide bonds. The highest BCUT2D eigenvalue weighted by Gasteiger charge is 2.24. The van der Waals surface area contributed by atoms with E-state index >= 15 is 0 Å². The Balaban J connectivity index is 2.28. The van der Waals surface area contributed by atoms with Crippen molar-refractivity contribution in [3.05, 3.63) is 0 Å². The highest BCUT2D eigenvalue weighted by molar-refractivity contribution is 5.81. The summed E-state index contributed by atoms with van der Waals surface area (Å²) in [5.74, 6) is 0.458. The van der Waals surface area contributed by atoms with Crippen molar-refractivity contribution in [2.45, 2.75) is 33.4 Å². The average molecular weight is 200 g/mol. The second kappa shape index (κ2) is 4.83. The van der Waals surface area contributed by atoms with E-state index in [0.717, 1.165) is 0 Å². The van der Waals surface area contributed by atoms with Gasteiger partial charge in [0.15, 0.2) is 0 Å². The smallest absolute Gasteiger partial charge is 0.231 e. The van der Waals surface area contributed by atoms with Crippen LogP contribution in [-0.2, 0) is 14.4 Å². The summed E-state index contributed by atoms with van der Waals surface area (Å²) in [5, 5.41) is 6.41. The van der Waals surface area contributed by atoms with E-state index in [-0.39, 0.29) is 18.1 Å². The molecule has 1 N–H and O–H groups in total. The first-order valence-electron chi connectivity index (χ1n) is 4.79. The predicted octanol–water partition coefficient (Wildman–Crippen LogP) is 0.855. The number of nitrogens with one attached hydrogen (secondary N) is 1. The Kier molecular flexibility index (Phi) is 3.73. The predicted molar refractivity (Wildman–Crippen MR) is 51.5 cm³/mol. The SMILES string of the molecule is CCOC1=NOC(NC(=O)C(C)C)C1. The molecule has 5 heteroatoms. The number of carbonyl (C=O) groups is 1. The number of carbonyl (C=O) groups excluding carboxylic acids is 1. The number of ether oxygens (including phenoxy) is 1. The van der Waals surface area contributed by atoms with Crippen molar-refractivity contribution in [3.8, 4) is 0 Å². The molecule has 1 atom stereocenters. The largest absolute Gasteiger partial charge is 0.479 e. The monoisotopic (exact) mass is 200 g/mol. The molecule has 1 aliphatic rings. The number of hydrogen-bond acceptors (Lipinski definition) is 4. The fourth-order valence-corrected chi connectivity index (χ4v) is 1.01. The van der Waals surface area contributed by atoms with Crippen molar-refractivity contribution in [1.82, 2.24) is 5.32 Å². The van der Waals surface area contributed by atoms with Gasteiger partial charge >= 0.3 is 0 Å². The molecule has 14 heavy (non-hydrogen) atoms. The van der Waals surface area contributed by atoms with E-state index in [1.165, 1.54) is 0 Å². The van der Waals surface area contributed by atoms with Gasteiger partial charge in [-0.25, -0.2) is 0 Å². The Morgan fingerprint density at radius 3 is 3.07 bits per heavy atom. The molecule has 0 saturated carbocycles. The molecule has 0 aromatic rings. The quantitative estimate of drug-likeness (QED) is 0.734. The van der Waals surface area contributed by atoms with E-state index < -0.39 is 0 Å². The Bertz CT molecular complexity index is 238. The number of oxime groups is 1. The summed E-state index contributed by atoms with van der Waals surface area (Å²) in [4.78, 5) is 16.3. The normalized spacial score (nSPS) is 20.3. The Morgan fingerprint density at radius 1 is 1.79 bits per heavy atom. The van der Waals surface area contributed by atoms with Gasteiger partial charge in [0.25, 0.3) is 0 Å². The van der Waals surface area contributed by atoms with Crippen LogP contribution >= 0.6 is 0 Å². The lowest BCUT2D eigenvalue weighted by atomic mass is 10.2. The van der Waals surface area contributed by atoms with Crippen LogP contribution in [0.2, 0.25) is 0 Å². The third-order valence-electron chi connectivity index (χ3n) is 1.78. The standard InChI is InChI=1S/C9H16N2O3/c1-4-13-8-5-7(14-11-8)10-9(12)6(2)3/h6-7H,4-5H2,1-3H3,(H,10,12). The van der Waals surface area contributed by atoms with Gasteiger partial charge in [0.2, 0.25) is 18.0 Å². The van der Waals surface area contributed by atoms with Crippen molar-refractivity contribution in [3.63, 3.8) is 0 Å². The second-order valence-corrected chi connectivity index (χ2v) is 3.38. The first-order chi connectivity index (χ1) is 6.63. The number of hydrogen-bond donors (Lipinski definition) is 1. The molecule has 0 aromatic carbocycles. The first kappa shape index (κ1) is 10.8. The zero-order valence-electron chi connectivity index (χ0n) is 8.74. The number of rotatable bonds is 3. The van der Waals surface area contributed by atoms with Crippen molar-refractivity contribution in [1.29, 1.82) is 0 Å². The van der Waals surface area contributed by atoms with Gasteiger partial charge < -0.3 is 14.9 Å². The Labute approximate surface area is 83.4 Å². The topological polar surface area (TPSA) is 59.9 Å². The van der Waals surface area contributed by atoms with Crippen LogP contribution in [0, 0.1) is 5.92 Å². The summed E-state index contributed by atoms with van der Waals surface area (Å²) >= 11 is 0. The van der Waals surface area contributed by atoms with Crippen LogP contribution in [0.5, 0.6) is 0 Å². The maximum absolute atomic E-state index is 11.3. The lowest BCUT2D eigenvalue weighted by Gasteiger charge is -2.11. The minimum Gasteiger partial charge on any atom is -0.479 e. The van der Waals surface area contributed by atoms with Gasteiger partial charge in [-0.05, 0) is 12.1 Å². The van der Waals surface area contributed by atoms with Crippen LogP contribution in [-0.4, -0.2) is 24.6 Å². The summed E-state index contributed by atoms with van der Waals surface area (Å²) in [5.41, 5.74) is 0. The van der Waals surface area contributed by atoms with Crippen LogP contribution in [0.4, 0.5) is 0 Å². The summed E-state index contributed by atoms with van der Waals surface area (Å²) in [6.07, 6.45) is 0.137. The maximum atomic E-state index is 11.3. The highest BCUT2D eigenvalue weighted by Crippen LogP contribution is 2.09. The molecule has 5 nitrogen and oxygen atoms in total. The molecule has 0 spiro atoms. The van der Waals surface area contributed by atoms with Crippen molar-refractivity contribution in [2.75, 3.05) is 6.61 Å². The third kappa shape index (κ3) is 2.90. The fourth-order valence-electron chi connectivity index (χ4n) is 1.01. The van der Waals surface area contributed by atoms with Crippen LogP contribution < -0.4 is 5.32 Å². The zero-order valence-corrected chi connectivity index (χ0v) is 8.74. The van der Waals surface area contributed by atoms with Gasteiger partial charge in [-0.1, -0.05) is 13.8 Å². The molecular weight excluding hydrogens is 184 g/mol. The van der Waals surface area contributed by atoms with E-state index in [1.54, 1.807) is 0 Å². The zero-order chi connectivity index (χ0) is 10.6. The van der Waals surface area contributed by atoms with Crippen LogP contribution in [0.25, 0.3) is 0 Å². The molecule has 0 radical (unpaired) electrons. The van der Waals surface area contributed by atoms with Gasteiger partial charge in [0.05, 0.1) is 13.0 Å². The summed E-state index contributed by atoms with van der Waals surface area (Å²) in [7, 11) is 0. The van der Waals surface area contributed by atoms with Gasteiger partial charge in [0.1, 0.15) is 0 Å². The molecule has 0 aromatic heterocycles. The molecular formula is C9H16N2O3. The van der Waals surface area contributed by atoms with Crippen LogP contribution in [0.15, 0.2) is 5.16 Å². The Morgan fingerprint density at radius 2 is 2.50 bits per heavy atom. The van der Waals surface area contributed by atoms with Crippen molar-refractivity contribution >= 4 is 11.8 Å². The molecule has 0 saturated heterocycles. The van der Waals surface area contributed by atoms with Gasteiger partial charge in [-0.15, -0.1) is 0 Å². The minimum absolute atomic E-state index is 0.0389. The van der Waals surface area contributed by atoms with Crippen LogP contribution in [0.1, 0.15) is 27.2 Å². The lowest BCUT2D eigenvalue weighted by Crippen LogP contribution is -2.37. The van der Waals surface area contributed by atoms with E-state index in [2.05, 4.69) is 10.5 Å². The van der Waals surface area contributed by atoms with E-state index in [1.807, 2.05) is 20.8 Å². The van der Waals surface area contributed by atoms with Gasteiger partial charge in [-0.2, -0.15) is 0 Å². The third-order valence-corrected chi connectivity index (χ3v) is 1.78. The van der Waals surface area contributed by atoms with E-state index in [4.69, 9.17) is 9.57 Å². The maximum Gasteiger partial charge on any atom is 0.231 e. The highest BCUT2D eigenvalue weighted by atomic mass is 16.7. The summed E-state index contributed by atoms with van der Waals surface area (Å²) in [6, 6.07) is 0. The minimum atomic E-state index is -0.369. The summed E-state index contributed by atoms with van der Waals surface area (Å²) in [6.45, 7) is 6.10. The molecule has 80 valence electrons. The van der Waals surface area contributed by atoms with Gasteiger partial charge in [-0.3, -0.25) is 4.79 Å². The molecule has 0 bridgehead atoms. The summed E-state index contributed by atoms with van der Waals surface area (Å²) < 4.78 is 5.15. The molecule has 0 aliphatic carbocycles. The number of amides is 1. The second-order valence-electron chi connectivity index (χ2n) is 3.38. The van der Waals surface area contributed by atoms with Crippen molar-refractivity contribution in [2.24, 2.45) is 11.1 Å². The van der Waals surface area contributed by atoms with Crippen molar-refractivity contribution < 1.29 is 14.4 Å². The number of nitrogens with zero attached hydrogens (tertiary/aromatic N) is 1. The average Bonchev–Trinajstić information content (AvgIpc) is 2.53. The Hall–Kier alpha value is -1.26. The van der Waals surface area contributed by atoms with Gasteiger partial charge in [0, 0.05) is 5.92 Å². The molecule has 1 rings (SSSR count). The molecule has 1 unspecified atom stereocenters. The lowest BCUT2D eigenvalue weighted by molar-refractivity contribution is -0.127. The van der Waals surface area contributed by atoms with E-state index in [9.17, 15) is 4.79 Å².